The second kappa shape index (κ2) is 4.93. The summed E-state index contributed by atoms with van der Waals surface area (Å²) in [5.41, 5.74) is 1.29. The molecule has 0 radical (unpaired) electrons. The molecule has 0 aliphatic heterocycles. The summed E-state index contributed by atoms with van der Waals surface area (Å²) in [5.74, 6) is 0.639. The van der Waals surface area contributed by atoms with Crippen molar-refractivity contribution in [2.45, 2.75) is 26.5 Å². The van der Waals surface area contributed by atoms with Crippen molar-refractivity contribution < 1.29 is 5.11 Å². The van der Waals surface area contributed by atoms with Gasteiger partial charge in [-0.2, -0.15) is 5.10 Å². The molecule has 5 nitrogen and oxygen atoms in total. The lowest BCUT2D eigenvalue weighted by Crippen LogP contribution is -2.11. The lowest BCUT2D eigenvalue weighted by molar-refractivity contribution is 0.202. The van der Waals surface area contributed by atoms with Crippen LogP contribution in [0.25, 0.3) is 0 Å². The Morgan fingerprint density at radius 1 is 1.53 bits per heavy atom. The van der Waals surface area contributed by atoms with Gasteiger partial charge in [0, 0.05) is 12.7 Å². The van der Waals surface area contributed by atoms with E-state index >= 15 is 0 Å². The minimum atomic E-state index is -0.798. The molecule has 2 aromatic rings. The Bertz CT molecular complexity index is 526. The molecule has 0 aliphatic rings. The summed E-state index contributed by atoms with van der Waals surface area (Å²) in [7, 11) is 0. The van der Waals surface area contributed by atoms with E-state index < -0.39 is 6.10 Å². The van der Waals surface area contributed by atoms with Gasteiger partial charge in [-0.1, -0.05) is 0 Å². The van der Waals surface area contributed by atoms with Crippen molar-refractivity contribution >= 4 is 15.9 Å². The predicted molar refractivity (Wildman–Crippen MR) is 66.4 cm³/mol. The van der Waals surface area contributed by atoms with Gasteiger partial charge in [0.25, 0.3) is 0 Å². The molecule has 0 saturated heterocycles. The Morgan fingerprint density at radius 3 is 2.94 bits per heavy atom. The highest BCUT2D eigenvalue weighted by molar-refractivity contribution is 9.10. The van der Waals surface area contributed by atoms with Crippen LogP contribution in [0.3, 0.4) is 0 Å². The molecule has 2 heterocycles. The summed E-state index contributed by atoms with van der Waals surface area (Å²) in [6.45, 7) is 4.46. The molecular weight excluding hydrogens is 284 g/mol. The van der Waals surface area contributed by atoms with E-state index in [1.807, 2.05) is 6.92 Å². The Kier molecular flexibility index (Phi) is 3.54. The molecule has 6 heteroatoms. The lowest BCUT2D eigenvalue weighted by Gasteiger charge is -2.12. The quantitative estimate of drug-likeness (QED) is 0.939. The number of aliphatic hydroxyl groups excluding tert-OH is 1. The molecule has 2 rings (SSSR count). The van der Waals surface area contributed by atoms with E-state index in [9.17, 15) is 5.11 Å². The van der Waals surface area contributed by atoms with Gasteiger partial charge in [0.1, 0.15) is 11.9 Å². The van der Waals surface area contributed by atoms with Gasteiger partial charge in [-0.3, -0.25) is 4.68 Å². The molecule has 17 heavy (non-hydrogen) atoms. The molecule has 0 aromatic carbocycles. The molecule has 1 atom stereocenters. The maximum Gasteiger partial charge on any atom is 0.139 e. The third kappa shape index (κ3) is 2.37. The number of hydrogen-bond donors (Lipinski definition) is 1. The largest absolute Gasteiger partial charge is 0.380 e. The summed E-state index contributed by atoms with van der Waals surface area (Å²) in [4.78, 5) is 8.23. The number of rotatable bonds is 3. The summed E-state index contributed by atoms with van der Waals surface area (Å²) >= 11 is 3.39. The third-order valence-corrected chi connectivity index (χ3v) is 3.08. The smallest absolute Gasteiger partial charge is 0.139 e. The highest BCUT2D eigenvalue weighted by Gasteiger charge is 2.20. The summed E-state index contributed by atoms with van der Waals surface area (Å²) in [6.07, 6.45) is 2.52. The maximum atomic E-state index is 10.3. The highest BCUT2D eigenvalue weighted by Crippen LogP contribution is 2.27. The molecule has 0 aliphatic carbocycles. The van der Waals surface area contributed by atoms with Gasteiger partial charge in [0.05, 0.1) is 22.1 Å². The predicted octanol–water partition coefficient (Wildman–Crippen LogP) is 1.85. The average molecular weight is 297 g/mol. The van der Waals surface area contributed by atoms with E-state index in [-0.39, 0.29) is 0 Å². The van der Waals surface area contributed by atoms with E-state index in [1.165, 1.54) is 0 Å². The number of aliphatic hydroxyl groups is 1. The Labute approximate surface area is 108 Å². The van der Waals surface area contributed by atoms with Crippen molar-refractivity contribution in [1.82, 2.24) is 19.7 Å². The van der Waals surface area contributed by atoms with Crippen molar-refractivity contribution in [3.05, 3.63) is 40.1 Å². The van der Waals surface area contributed by atoms with Crippen molar-refractivity contribution in [3.8, 4) is 0 Å². The second-order valence-electron chi connectivity index (χ2n) is 3.62. The van der Waals surface area contributed by atoms with E-state index in [4.69, 9.17) is 0 Å². The molecule has 0 bridgehead atoms. The topological polar surface area (TPSA) is 63.8 Å². The van der Waals surface area contributed by atoms with Gasteiger partial charge in [-0.05, 0) is 35.8 Å². The zero-order valence-corrected chi connectivity index (χ0v) is 11.2. The van der Waals surface area contributed by atoms with Gasteiger partial charge in [0.15, 0.2) is 0 Å². The number of nitrogens with zero attached hydrogens (tertiary/aromatic N) is 4. The molecule has 2 aromatic heterocycles. The van der Waals surface area contributed by atoms with Crippen LogP contribution in [0.5, 0.6) is 0 Å². The maximum absolute atomic E-state index is 10.3. The minimum Gasteiger partial charge on any atom is -0.380 e. The first-order valence-corrected chi connectivity index (χ1v) is 6.11. The van der Waals surface area contributed by atoms with Crippen LogP contribution in [0.15, 0.2) is 22.9 Å². The van der Waals surface area contributed by atoms with E-state index in [0.29, 0.717) is 23.8 Å². The number of aromatic nitrogens is 4. The first-order chi connectivity index (χ1) is 8.13. The lowest BCUT2D eigenvalue weighted by atomic mass is 10.2. The molecule has 0 saturated carbocycles. The van der Waals surface area contributed by atoms with Crippen molar-refractivity contribution in [2.75, 3.05) is 0 Å². The molecule has 1 N–H and O–H groups in total. The standard InChI is InChI=1S/C11H13BrN4O/c1-3-16-10(8(12)6-14-16)11(17)9-4-5-13-7(2)15-9/h4-6,11,17H,3H2,1-2H3. The Hall–Kier alpha value is -1.27. The van der Waals surface area contributed by atoms with Gasteiger partial charge >= 0.3 is 0 Å². The zero-order chi connectivity index (χ0) is 12.4. The first-order valence-electron chi connectivity index (χ1n) is 5.32. The van der Waals surface area contributed by atoms with Gasteiger partial charge in [-0.15, -0.1) is 0 Å². The van der Waals surface area contributed by atoms with Crippen molar-refractivity contribution in [2.24, 2.45) is 0 Å². The van der Waals surface area contributed by atoms with Gasteiger partial charge in [-0.25, -0.2) is 9.97 Å². The van der Waals surface area contributed by atoms with Crippen LogP contribution < -0.4 is 0 Å². The first kappa shape index (κ1) is 12.2. The SMILES string of the molecule is CCn1ncc(Br)c1C(O)c1ccnc(C)n1. The van der Waals surface area contributed by atoms with Crippen molar-refractivity contribution in [3.63, 3.8) is 0 Å². The fourth-order valence-corrected chi connectivity index (χ4v) is 2.18. The Balaban J connectivity index is 2.43. The summed E-state index contributed by atoms with van der Waals surface area (Å²) in [5, 5.41) is 14.5. The van der Waals surface area contributed by atoms with Crippen LogP contribution in [0, 0.1) is 6.92 Å². The third-order valence-electron chi connectivity index (χ3n) is 2.47. The van der Waals surface area contributed by atoms with Crippen LogP contribution in [0.4, 0.5) is 0 Å². The Morgan fingerprint density at radius 2 is 2.29 bits per heavy atom. The van der Waals surface area contributed by atoms with Gasteiger partial charge < -0.3 is 5.11 Å². The van der Waals surface area contributed by atoms with E-state index in [1.54, 1.807) is 30.1 Å². The van der Waals surface area contributed by atoms with E-state index in [2.05, 4.69) is 31.0 Å². The molecule has 0 spiro atoms. The average Bonchev–Trinajstić information content (AvgIpc) is 2.69. The van der Waals surface area contributed by atoms with Gasteiger partial charge in [0.2, 0.25) is 0 Å². The molecule has 0 amide bonds. The van der Waals surface area contributed by atoms with Crippen LogP contribution in [-0.4, -0.2) is 24.9 Å². The molecule has 90 valence electrons. The fraction of sp³-hybridized carbons (Fsp3) is 0.364. The summed E-state index contributed by atoms with van der Waals surface area (Å²) in [6, 6.07) is 1.71. The van der Waals surface area contributed by atoms with Crippen LogP contribution >= 0.6 is 15.9 Å². The monoisotopic (exact) mass is 296 g/mol. The zero-order valence-electron chi connectivity index (χ0n) is 9.63. The molecule has 0 fully saturated rings. The number of hydrogen-bond acceptors (Lipinski definition) is 4. The normalized spacial score (nSPS) is 12.7. The molecule has 1 unspecified atom stereocenters. The van der Waals surface area contributed by atoms with E-state index in [0.717, 1.165) is 4.47 Å². The molecular formula is C11H13BrN4O. The second-order valence-corrected chi connectivity index (χ2v) is 4.48. The number of halogens is 1. The minimum absolute atomic E-state index is 0.577. The fourth-order valence-electron chi connectivity index (χ4n) is 1.66. The summed E-state index contributed by atoms with van der Waals surface area (Å²) < 4.78 is 2.52. The van der Waals surface area contributed by atoms with Crippen LogP contribution in [0.1, 0.15) is 30.2 Å². The van der Waals surface area contributed by atoms with Crippen molar-refractivity contribution in [1.29, 1.82) is 0 Å². The van der Waals surface area contributed by atoms with Crippen LogP contribution in [0.2, 0.25) is 0 Å². The van der Waals surface area contributed by atoms with Crippen LogP contribution in [-0.2, 0) is 6.54 Å². The number of aryl methyl sites for hydroxylation is 2. The highest BCUT2D eigenvalue weighted by atomic mass is 79.9.